The van der Waals surface area contributed by atoms with Crippen molar-refractivity contribution in [2.24, 2.45) is 0 Å². The van der Waals surface area contributed by atoms with E-state index >= 15 is 0 Å². The highest BCUT2D eigenvalue weighted by Crippen LogP contribution is 2.36. The first kappa shape index (κ1) is 14.6. The summed E-state index contributed by atoms with van der Waals surface area (Å²) in [5.41, 5.74) is 0.658. The molecule has 0 saturated carbocycles. The van der Waals surface area contributed by atoms with E-state index in [0.717, 1.165) is 19.4 Å². The number of hydrogen-bond donors (Lipinski definition) is 2. The Morgan fingerprint density at radius 2 is 2.10 bits per heavy atom. The predicted octanol–water partition coefficient (Wildman–Crippen LogP) is 1.14. The molecule has 0 spiro atoms. The van der Waals surface area contributed by atoms with Crippen LogP contribution in [0.2, 0.25) is 0 Å². The number of ether oxygens (including phenoxy) is 2. The van der Waals surface area contributed by atoms with Gasteiger partial charge in [0.1, 0.15) is 0 Å². The second-order valence-corrected chi connectivity index (χ2v) is 7.19. The van der Waals surface area contributed by atoms with Gasteiger partial charge in [-0.15, -0.1) is 0 Å². The second kappa shape index (κ2) is 5.82. The zero-order chi connectivity index (χ0) is 14.9. The zero-order valence-electron chi connectivity index (χ0n) is 12.0. The molecular weight excluding hydrogens is 292 g/mol. The van der Waals surface area contributed by atoms with Crippen molar-refractivity contribution in [3.05, 3.63) is 17.7 Å². The van der Waals surface area contributed by atoms with Crippen molar-refractivity contribution in [3.63, 3.8) is 0 Å². The predicted molar refractivity (Wildman–Crippen MR) is 78.1 cm³/mol. The first-order chi connectivity index (χ1) is 10.1. The Labute approximate surface area is 124 Å². The van der Waals surface area contributed by atoms with Gasteiger partial charge in [-0.3, -0.25) is 0 Å². The minimum Gasteiger partial charge on any atom is -0.454 e. The first-order valence-electron chi connectivity index (χ1n) is 7.19. The van der Waals surface area contributed by atoms with Crippen LogP contribution in [0.3, 0.4) is 0 Å². The number of fused-ring (bicyclic) bond motifs is 1. The second-order valence-electron chi connectivity index (χ2n) is 5.45. The van der Waals surface area contributed by atoms with Gasteiger partial charge >= 0.3 is 0 Å². The van der Waals surface area contributed by atoms with Crippen LogP contribution in [0.1, 0.15) is 24.8 Å². The third-order valence-corrected chi connectivity index (χ3v) is 5.51. The van der Waals surface area contributed by atoms with Crippen LogP contribution in [0, 0.1) is 6.92 Å². The average molecular weight is 312 g/mol. The summed E-state index contributed by atoms with van der Waals surface area (Å²) in [6.45, 7) is 3.36. The van der Waals surface area contributed by atoms with Crippen molar-refractivity contribution >= 4 is 10.0 Å². The summed E-state index contributed by atoms with van der Waals surface area (Å²) >= 11 is 0. The minimum atomic E-state index is -3.52. The number of sulfonamides is 1. The average Bonchev–Trinajstić information content (AvgIpc) is 3.07. The van der Waals surface area contributed by atoms with Crippen LogP contribution in [0.5, 0.6) is 11.5 Å². The van der Waals surface area contributed by atoms with Crippen LogP contribution in [-0.2, 0) is 10.0 Å². The van der Waals surface area contributed by atoms with Crippen molar-refractivity contribution < 1.29 is 17.9 Å². The van der Waals surface area contributed by atoms with Crippen LogP contribution in [0.4, 0.5) is 0 Å². The summed E-state index contributed by atoms with van der Waals surface area (Å²) in [4.78, 5) is 0.256. The monoisotopic (exact) mass is 312 g/mol. The van der Waals surface area contributed by atoms with E-state index in [2.05, 4.69) is 10.0 Å². The zero-order valence-corrected chi connectivity index (χ0v) is 12.8. The fourth-order valence-corrected chi connectivity index (χ4v) is 4.05. The van der Waals surface area contributed by atoms with Crippen molar-refractivity contribution in [2.75, 3.05) is 19.9 Å². The molecule has 0 bridgehead atoms. The van der Waals surface area contributed by atoms with Crippen molar-refractivity contribution in [1.29, 1.82) is 0 Å². The van der Waals surface area contributed by atoms with Crippen LogP contribution in [0.25, 0.3) is 0 Å². The van der Waals surface area contributed by atoms with Gasteiger partial charge in [0, 0.05) is 18.7 Å². The van der Waals surface area contributed by atoms with E-state index in [1.165, 1.54) is 12.5 Å². The Morgan fingerprint density at radius 3 is 2.81 bits per heavy atom. The lowest BCUT2D eigenvalue weighted by molar-refractivity contribution is 0.174. The van der Waals surface area contributed by atoms with Gasteiger partial charge in [0.25, 0.3) is 0 Å². The Hall–Kier alpha value is -1.31. The summed E-state index contributed by atoms with van der Waals surface area (Å²) in [5.74, 6) is 1.08. The number of benzene rings is 1. The van der Waals surface area contributed by atoms with E-state index in [4.69, 9.17) is 9.47 Å². The fraction of sp³-hybridized carbons (Fsp3) is 0.571. The molecule has 0 radical (unpaired) electrons. The summed E-state index contributed by atoms with van der Waals surface area (Å²) < 4.78 is 38.0. The third-order valence-electron chi connectivity index (χ3n) is 3.91. The van der Waals surface area contributed by atoms with E-state index in [1.54, 1.807) is 13.0 Å². The van der Waals surface area contributed by atoms with Gasteiger partial charge in [-0.05, 0) is 44.4 Å². The maximum Gasteiger partial charge on any atom is 0.240 e. The van der Waals surface area contributed by atoms with Gasteiger partial charge in [0.15, 0.2) is 11.5 Å². The molecule has 1 atom stereocenters. The van der Waals surface area contributed by atoms with E-state index in [0.29, 0.717) is 29.6 Å². The molecule has 1 aromatic carbocycles. The molecule has 1 saturated heterocycles. The summed E-state index contributed by atoms with van der Waals surface area (Å²) in [6, 6.07) is 3.66. The van der Waals surface area contributed by atoms with Crippen molar-refractivity contribution in [1.82, 2.24) is 10.0 Å². The van der Waals surface area contributed by atoms with Gasteiger partial charge in [0.05, 0.1) is 4.90 Å². The summed E-state index contributed by atoms with van der Waals surface area (Å²) in [5, 5.41) is 3.36. The van der Waals surface area contributed by atoms with E-state index in [1.807, 2.05) is 0 Å². The molecule has 2 heterocycles. The molecule has 7 heteroatoms. The molecule has 2 aliphatic rings. The minimum absolute atomic E-state index is 0.138. The highest BCUT2D eigenvalue weighted by atomic mass is 32.2. The largest absolute Gasteiger partial charge is 0.454 e. The molecule has 21 heavy (non-hydrogen) atoms. The maximum atomic E-state index is 12.4. The van der Waals surface area contributed by atoms with E-state index < -0.39 is 10.0 Å². The Bertz CT molecular complexity index is 624. The summed E-state index contributed by atoms with van der Waals surface area (Å²) in [6.07, 6.45) is 3.09. The molecular formula is C14H20N2O4S. The lowest BCUT2D eigenvalue weighted by Crippen LogP contribution is -2.31. The molecule has 0 unspecified atom stereocenters. The van der Waals surface area contributed by atoms with Gasteiger partial charge in [-0.2, -0.15) is 0 Å². The third kappa shape index (κ3) is 3.14. The SMILES string of the molecule is Cc1cc2c(cc1S(=O)(=O)NCC[C@H]1CCCN1)OCO2. The molecule has 2 N–H and O–H groups in total. The van der Waals surface area contributed by atoms with Crippen LogP contribution >= 0.6 is 0 Å². The first-order valence-corrected chi connectivity index (χ1v) is 8.68. The van der Waals surface area contributed by atoms with Gasteiger partial charge in [-0.1, -0.05) is 0 Å². The molecule has 1 fully saturated rings. The molecule has 1 aromatic rings. The van der Waals surface area contributed by atoms with Crippen LogP contribution in [0.15, 0.2) is 17.0 Å². The fourth-order valence-electron chi connectivity index (χ4n) is 2.76. The lowest BCUT2D eigenvalue weighted by Gasteiger charge is -2.13. The molecule has 0 aromatic heterocycles. The van der Waals surface area contributed by atoms with E-state index in [-0.39, 0.29) is 11.7 Å². The smallest absolute Gasteiger partial charge is 0.240 e. The number of hydrogen-bond acceptors (Lipinski definition) is 5. The Kier molecular flexibility index (Phi) is 4.05. The highest BCUT2D eigenvalue weighted by molar-refractivity contribution is 7.89. The Morgan fingerprint density at radius 1 is 1.33 bits per heavy atom. The summed E-state index contributed by atoms with van der Waals surface area (Å²) in [7, 11) is -3.52. The van der Waals surface area contributed by atoms with Gasteiger partial charge in [0.2, 0.25) is 16.8 Å². The maximum absolute atomic E-state index is 12.4. The topological polar surface area (TPSA) is 76.7 Å². The van der Waals surface area contributed by atoms with E-state index in [9.17, 15) is 8.42 Å². The molecule has 116 valence electrons. The van der Waals surface area contributed by atoms with Crippen LogP contribution in [-0.4, -0.2) is 34.3 Å². The standard InChI is InChI=1S/C14H20N2O4S/c1-10-7-12-13(20-9-19-12)8-14(10)21(17,18)16-6-4-11-3-2-5-15-11/h7-8,11,15-16H,2-6,9H2,1H3/t11-/m1/s1. The molecule has 0 aliphatic carbocycles. The molecule has 6 nitrogen and oxygen atoms in total. The number of aryl methyl sites for hydroxylation is 1. The molecule has 3 rings (SSSR count). The van der Waals surface area contributed by atoms with Gasteiger partial charge in [-0.25, -0.2) is 13.1 Å². The van der Waals surface area contributed by atoms with Crippen molar-refractivity contribution in [2.45, 2.75) is 37.1 Å². The lowest BCUT2D eigenvalue weighted by atomic mass is 10.2. The highest BCUT2D eigenvalue weighted by Gasteiger charge is 2.23. The molecule has 0 amide bonds. The normalized spacial score (nSPS) is 20.9. The number of nitrogens with one attached hydrogen (secondary N) is 2. The Balaban J connectivity index is 1.69. The molecule has 2 aliphatic heterocycles. The number of rotatable bonds is 5. The quantitative estimate of drug-likeness (QED) is 0.853. The van der Waals surface area contributed by atoms with Crippen molar-refractivity contribution in [3.8, 4) is 11.5 Å². The van der Waals surface area contributed by atoms with Gasteiger partial charge < -0.3 is 14.8 Å². The van der Waals surface area contributed by atoms with Crippen LogP contribution < -0.4 is 19.5 Å².